The molecule has 17 heavy (non-hydrogen) atoms. The minimum absolute atomic E-state index is 0.0232. The smallest absolute Gasteiger partial charge is 0.306 e. The van der Waals surface area contributed by atoms with Gasteiger partial charge in [0.2, 0.25) is 0 Å². The Kier molecular flexibility index (Phi) is 3.68. The number of methoxy groups -OCH3 is 1. The van der Waals surface area contributed by atoms with Gasteiger partial charge in [-0.2, -0.15) is 0 Å². The third kappa shape index (κ3) is 2.79. The number of carbonyl (C=O) groups is 2. The van der Waals surface area contributed by atoms with E-state index >= 15 is 0 Å². The Hall–Kier alpha value is -1.49. The van der Waals surface area contributed by atoms with Crippen LogP contribution in [-0.2, 0) is 9.53 Å². The van der Waals surface area contributed by atoms with E-state index in [9.17, 15) is 9.59 Å². The van der Waals surface area contributed by atoms with Gasteiger partial charge >= 0.3 is 5.97 Å². The summed E-state index contributed by atoms with van der Waals surface area (Å²) in [5.41, 5.74) is 0.671. The molecule has 1 N–H and O–H groups in total. The van der Waals surface area contributed by atoms with Crippen LogP contribution in [0.4, 0.5) is 0 Å². The van der Waals surface area contributed by atoms with Crippen molar-refractivity contribution in [3.8, 4) is 0 Å². The Bertz CT molecular complexity index is 447. The lowest BCUT2D eigenvalue weighted by Crippen LogP contribution is -2.29. The maximum Gasteiger partial charge on any atom is 0.306 e. The van der Waals surface area contributed by atoms with Crippen molar-refractivity contribution in [3.05, 3.63) is 29.8 Å². The summed E-state index contributed by atoms with van der Waals surface area (Å²) in [5.74, 6) is -0.336. The van der Waals surface area contributed by atoms with Gasteiger partial charge in [-0.05, 0) is 12.1 Å². The fourth-order valence-corrected chi connectivity index (χ4v) is 2.85. The van der Waals surface area contributed by atoms with Crippen molar-refractivity contribution in [1.29, 1.82) is 0 Å². The van der Waals surface area contributed by atoms with Crippen LogP contribution in [0, 0.1) is 0 Å². The van der Waals surface area contributed by atoms with Crippen LogP contribution in [0.2, 0.25) is 0 Å². The van der Waals surface area contributed by atoms with Gasteiger partial charge in [0.05, 0.1) is 19.1 Å². The predicted octanol–water partition coefficient (Wildman–Crippen LogP) is 1.45. The number of carbonyl (C=O) groups excluding carboxylic acids is 2. The molecule has 1 amide bonds. The van der Waals surface area contributed by atoms with E-state index in [1.165, 1.54) is 7.11 Å². The molecule has 0 aliphatic carbocycles. The maximum absolute atomic E-state index is 11.8. The molecule has 2 rings (SSSR count). The Morgan fingerprint density at radius 2 is 2.29 bits per heavy atom. The summed E-state index contributed by atoms with van der Waals surface area (Å²) in [6.45, 7) is 0.479. The van der Waals surface area contributed by atoms with Crippen molar-refractivity contribution in [2.24, 2.45) is 0 Å². The molecule has 0 bridgehead atoms. The number of fused-ring (bicyclic) bond motifs is 1. The van der Waals surface area contributed by atoms with Gasteiger partial charge in [-0.1, -0.05) is 12.1 Å². The van der Waals surface area contributed by atoms with Gasteiger partial charge in [0.1, 0.15) is 0 Å². The lowest BCUT2D eigenvalue weighted by atomic mass is 10.2. The van der Waals surface area contributed by atoms with Crippen LogP contribution in [-0.4, -0.2) is 30.8 Å². The number of benzene rings is 1. The average molecular weight is 251 g/mol. The molecule has 0 spiro atoms. The highest BCUT2D eigenvalue weighted by atomic mass is 32.2. The number of nitrogens with one attached hydrogen (secondary N) is 1. The lowest BCUT2D eigenvalue weighted by Gasteiger charge is -2.11. The summed E-state index contributed by atoms with van der Waals surface area (Å²) in [4.78, 5) is 23.9. The third-order valence-corrected chi connectivity index (χ3v) is 3.81. The standard InChI is InChI=1S/C12H13NO3S/c1-16-11(14)6-8-7-13-12(15)9-4-2-3-5-10(9)17-8/h2-5,8H,6-7H2,1H3,(H,13,15). The molecule has 1 unspecified atom stereocenters. The van der Waals surface area contributed by atoms with Gasteiger partial charge in [0, 0.05) is 16.7 Å². The first-order chi connectivity index (χ1) is 8.20. The SMILES string of the molecule is COC(=O)CC1CNC(=O)c2ccccc2S1. The highest BCUT2D eigenvalue weighted by molar-refractivity contribution is 8.00. The van der Waals surface area contributed by atoms with Crippen molar-refractivity contribution in [1.82, 2.24) is 5.32 Å². The van der Waals surface area contributed by atoms with Crippen molar-refractivity contribution in [2.75, 3.05) is 13.7 Å². The van der Waals surface area contributed by atoms with Crippen LogP contribution in [0.5, 0.6) is 0 Å². The number of amides is 1. The monoisotopic (exact) mass is 251 g/mol. The van der Waals surface area contributed by atoms with Gasteiger partial charge in [0.25, 0.3) is 5.91 Å². The third-order valence-electron chi connectivity index (χ3n) is 2.54. The quantitative estimate of drug-likeness (QED) is 0.808. The summed E-state index contributed by atoms with van der Waals surface area (Å²) < 4.78 is 4.64. The molecule has 5 heteroatoms. The largest absolute Gasteiger partial charge is 0.469 e. The number of rotatable bonds is 2. The minimum Gasteiger partial charge on any atom is -0.469 e. The molecule has 1 aliphatic heterocycles. The number of hydrogen-bond acceptors (Lipinski definition) is 4. The molecule has 1 atom stereocenters. The maximum atomic E-state index is 11.8. The zero-order valence-electron chi connectivity index (χ0n) is 9.43. The minimum atomic E-state index is -0.254. The molecule has 0 saturated carbocycles. The molecule has 0 radical (unpaired) electrons. The molecular weight excluding hydrogens is 238 g/mol. The van der Waals surface area contributed by atoms with Crippen LogP contribution in [0.3, 0.4) is 0 Å². The van der Waals surface area contributed by atoms with E-state index < -0.39 is 0 Å². The molecular formula is C12H13NO3S. The molecule has 0 fully saturated rings. The van der Waals surface area contributed by atoms with E-state index in [-0.39, 0.29) is 17.1 Å². The number of thioether (sulfide) groups is 1. The van der Waals surface area contributed by atoms with Crippen molar-refractivity contribution < 1.29 is 14.3 Å². The van der Waals surface area contributed by atoms with Gasteiger partial charge < -0.3 is 10.1 Å². The van der Waals surface area contributed by atoms with E-state index in [4.69, 9.17) is 0 Å². The first-order valence-corrected chi connectivity index (χ1v) is 6.19. The second-order valence-electron chi connectivity index (χ2n) is 3.73. The second-order valence-corrected chi connectivity index (χ2v) is 5.07. The van der Waals surface area contributed by atoms with E-state index in [0.29, 0.717) is 18.5 Å². The summed E-state index contributed by atoms with van der Waals surface area (Å²) in [7, 11) is 1.37. The fraction of sp³-hybridized carbons (Fsp3) is 0.333. The topological polar surface area (TPSA) is 55.4 Å². The molecule has 1 aromatic carbocycles. The number of ether oxygens (including phenoxy) is 1. The number of esters is 1. The van der Waals surface area contributed by atoms with E-state index in [1.807, 2.05) is 18.2 Å². The molecule has 1 aliphatic rings. The zero-order chi connectivity index (χ0) is 12.3. The van der Waals surface area contributed by atoms with Crippen LogP contribution >= 0.6 is 11.8 Å². The first-order valence-electron chi connectivity index (χ1n) is 5.31. The van der Waals surface area contributed by atoms with E-state index in [0.717, 1.165) is 4.90 Å². The first kappa shape index (κ1) is 12.0. The Morgan fingerprint density at radius 1 is 1.53 bits per heavy atom. The molecule has 0 aromatic heterocycles. The van der Waals surface area contributed by atoms with Gasteiger partial charge in [-0.15, -0.1) is 11.8 Å². The number of hydrogen-bond donors (Lipinski definition) is 1. The lowest BCUT2D eigenvalue weighted by molar-refractivity contribution is -0.140. The summed E-state index contributed by atoms with van der Waals surface area (Å²) in [5, 5.41) is 2.84. The van der Waals surface area contributed by atoms with Gasteiger partial charge in [-0.25, -0.2) is 0 Å². The normalized spacial score (nSPS) is 18.9. The van der Waals surface area contributed by atoms with Crippen LogP contribution in [0.1, 0.15) is 16.8 Å². The van der Waals surface area contributed by atoms with Crippen LogP contribution in [0.15, 0.2) is 29.2 Å². The zero-order valence-corrected chi connectivity index (χ0v) is 10.3. The Labute approximate surface area is 104 Å². The van der Waals surface area contributed by atoms with Gasteiger partial charge in [-0.3, -0.25) is 9.59 Å². The molecule has 1 heterocycles. The average Bonchev–Trinajstić information content (AvgIpc) is 2.50. The summed E-state index contributed by atoms with van der Waals surface area (Å²) in [6.07, 6.45) is 0.301. The highest BCUT2D eigenvalue weighted by Crippen LogP contribution is 2.30. The van der Waals surface area contributed by atoms with Crippen LogP contribution in [0.25, 0.3) is 0 Å². The molecule has 0 saturated heterocycles. The van der Waals surface area contributed by atoms with E-state index in [1.54, 1.807) is 17.8 Å². The molecule has 1 aromatic rings. The van der Waals surface area contributed by atoms with E-state index in [2.05, 4.69) is 10.1 Å². The Morgan fingerprint density at radius 3 is 3.06 bits per heavy atom. The second kappa shape index (κ2) is 5.23. The highest BCUT2D eigenvalue weighted by Gasteiger charge is 2.23. The molecule has 90 valence electrons. The summed E-state index contributed by atoms with van der Waals surface area (Å²) in [6, 6.07) is 7.41. The summed E-state index contributed by atoms with van der Waals surface area (Å²) >= 11 is 1.54. The van der Waals surface area contributed by atoms with Crippen molar-refractivity contribution >= 4 is 23.6 Å². The fourth-order valence-electron chi connectivity index (χ4n) is 1.66. The van der Waals surface area contributed by atoms with Crippen molar-refractivity contribution in [3.63, 3.8) is 0 Å². The predicted molar refractivity (Wildman–Crippen MR) is 65.1 cm³/mol. The van der Waals surface area contributed by atoms with Crippen molar-refractivity contribution in [2.45, 2.75) is 16.6 Å². The Balaban J connectivity index is 2.17. The van der Waals surface area contributed by atoms with Crippen LogP contribution < -0.4 is 5.32 Å². The van der Waals surface area contributed by atoms with Gasteiger partial charge in [0.15, 0.2) is 0 Å². The molecule has 4 nitrogen and oxygen atoms in total.